The average Bonchev–Trinajstić information content (AvgIpc) is 2.46. The van der Waals surface area contributed by atoms with Crippen LogP contribution in [0, 0.1) is 11.3 Å². The van der Waals surface area contributed by atoms with Crippen molar-refractivity contribution in [3.05, 3.63) is 34.3 Å². The summed E-state index contributed by atoms with van der Waals surface area (Å²) in [4.78, 5) is 0. The van der Waals surface area contributed by atoms with Gasteiger partial charge in [-0.25, -0.2) is 0 Å². The van der Waals surface area contributed by atoms with Gasteiger partial charge in [0.15, 0.2) is 0 Å². The lowest BCUT2D eigenvalue weighted by Gasteiger charge is -2.51. The highest BCUT2D eigenvalue weighted by atomic mass is 79.9. The fraction of sp³-hybridized carbons (Fsp3) is 0.647. The Hall–Kier alpha value is -0.380. The summed E-state index contributed by atoms with van der Waals surface area (Å²) in [5, 5.41) is 11.5. The molecule has 0 bridgehead atoms. The molecule has 1 saturated carbocycles. The molecule has 1 fully saturated rings. The minimum atomic E-state index is -0.833. The molecule has 1 aromatic carbocycles. The number of aliphatic hydroxyl groups is 1. The number of nitrogens with two attached hydrogens (primary N) is 1. The molecule has 2 rings (SSSR count). The fourth-order valence-corrected chi connectivity index (χ4v) is 4.42. The van der Waals surface area contributed by atoms with Crippen molar-refractivity contribution in [1.29, 1.82) is 0 Å². The summed E-state index contributed by atoms with van der Waals surface area (Å²) in [5.74, 6) is 0.637. The summed E-state index contributed by atoms with van der Waals surface area (Å²) in [6.07, 6.45) is 5.15. The Morgan fingerprint density at radius 2 is 2.25 bits per heavy atom. The summed E-state index contributed by atoms with van der Waals surface area (Å²) < 4.78 is 1.01. The van der Waals surface area contributed by atoms with Gasteiger partial charge in [0.1, 0.15) is 0 Å². The van der Waals surface area contributed by atoms with Gasteiger partial charge in [-0.15, -0.1) is 0 Å². The van der Waals surface area contributed by atoms with Crippen LogP contribution in [0.4, 0.5) is 0 Å². The van der Waals surface area contributed by atoms with E-state index in [9.17, 15) is 5.11 Å². The lowest BCUT2D eigenvalue weighted by molar-refractivity contribution is -0.117. The summed E-state index contributed by atoms with van der Waals surface area (Å²) in [6.45, 7) is 4.90. The molecule has 1 aliphatic rings. The molecule has 0 amide bonds. The van der Waals surface area contributed by atoms with Gasteiger partial charge in [0, 0.05) is 16.4 Å². The van der Waals surface area contributed by atoms with E-state index in [0.29, 0.717) is 18.9 Å². The van der Waals surface area contributed by atoms with Crippen LogP contribution < -0.4 is 5.73 Å². The van der Waals surface area contributed by atoms with Crippen molar-refractivity contribution in [2.45, 2.75) is 51.6 Å². The van der Waals surface area contributed by atoms with Gasteiger partial charge in [0.25, 0.3) is 0 Å². The van der Waals surface area contributed by atoms with Crippen molar-refractivity contribution in [2.24, 2.45) is 17.1 Å². The number of hydrogen-bond donors (Lipinski definition) is 2. The van der Waals surface area contributed by atoms with E-state index in [1.165, 1.54) is 6.42 Å². The van der Waals surface area contributed by atoms with E-state index in [2.05, 4.69) is 29.8 Å². The van der Waals surface area contributed by atoms with Crippen LogP contribution >= 0.6 is 15.9 Å². The van der Waals surface area contributed by atoms with E-state index in [1.807, 2.05) is 24.3 Å². The van der Waals surface area contributed by atoms with Crippen LogP contribution in [0.2, 0.25) is 0 Å². The molecule has 1 aliphatic carbocycles. The molecule has 20 heavy (non-hydrogen) atoms. The standard InChI is InChI=1S/C17H26BrNO/c1-3-17(20,14-7-4-8-15(18)10-14)16(12-19)9-5-6-13(2)11-16/h4,7-8,10,13,20H,3,5-6,9,11-12,19H2,1-2H3. The van der Waals surface area contributed by atoms with Crippen molar-refractivity contribution in [1.82, 2.24) is 0 Å². The molecule has 3 atom stereocenters. The second-order valence-corrected chi connectivity index (χ2v) is 7.33. The molecule has 0 aliphatic heterocycles. The normalized spacial score (nSPS) is 29.9. The topological polar surface area (TPSA) is 46.2 Å². The van der Waals surface area contributed by atoms with Crippen molar-refractivity contribution < 1.29 is 5.11 Å². The molecule has 3 unspecified atom stereocenters. The highest BCUT2D eigenvalue weighted by molar-refractivity contribution is 9.10. The minimum Gasteiger partial charge on any atom is -0.385 e. The Labute approximate surface area is 130 Å². The zero-order valence-electron chi connectivity index (χ0n) is 12.5. The SMILES string of the molecule is CCC(O)(c1cccc(Br)c1)C1(CN)CCCC(C)C1. The third-order valence-electron chi connectivity index (χ3n) is 5.17. The van der Waals surface area contributed by atoms with E-state index < -0.39 is 5.60 Å². The maximum absolute atomic E-state index is 11.5. The third kappa shape index (κ3) is 2.68. The zero-order chi connectivity index (χ0) is 14.8. The Balaban J connectivity index is 2.47. The molecular weight excluding hydrogens is 314 g/mol. The van der Waals surface area contributed by atoms with Crippen LogP contribution in [0.1, 0.15) is 51.5 Å². The van der Waals surface area contributed by atoms with Gasteiger partial charge in [-0.2, -0.15) is 0 Å². The zero-order valence-corrected chi connectivity index (χ0v) is 14.1. The molecule has 0 heterocycles. The molecule has 3 heteroatoms. The Kier molecular flexibility index (Phi) is 4.93. The first-order chi connectivity index (χ1) is 9.47. The number of hydrogen-bond acceptors (Lipinski definition) is 2. The first-order valence-corrected chi connectivity index (χ1v) is 8.45. The highest BCUT2D eigenvalue weighted by Crippen LogP contribution is 2.52. The molecule has 112 valence electrons. The van der Waals surface area contributed by atoms with Gasteiger partial charge >= 0.3 is 0 Å². The summed E-state index contributed by atoms with van der Waals surface area (Å²) >= 11 is 3.52. The van der Waals surface area contributed by atoms with Gasteiger partial charge in [-0.3, -0.25) is 0 Å². The van der Waals surface area contributed by atoms with Gasteiger partial charge in [0.05, 0.1) is 5.60 Å². The number of rotatable bonds is 4. The van der Waals surface area contributed by atoms with Crippen LogP contribution in [0.5, 0.6) is 0 Å². The first kappa shape index (κ1) is 16.0. The second kappa shape index (κ2) is 6.17. The Morgan fingerprint density at radius 3 is 2.80 bits per heavy atom. The smallest absolute Gasteiger partial charge is 0.0962 e. The number of benzene rings is 1. The molecule has 2 nitrogen and oxygen atoms in total. The van der Waals surface area contributed by atoms with E-state index in [0.717, 1.165) is 29.3 Å². The van der Waals surface area contributed by atoms with Crippen LogP contribution in [0.3, 0.4) is 0 Å². The number of halogens is 1. The predicted molar refractivity (Wildman–Crippen MR) is 87.4 cm³/mol. The molecule has 0 aromatic heterocycles. The van der Waals surface area contributed by atoms with E-state index in [-0.39, 0.29) is 5.41 Å². The minimum absolute atomic E-state index is 0.194. The first-order valence-electron chi connectivity index (χ1n) is 7.66. The maximum Gasteiger partial charge on any atom is 0.0962 e. The molecular formula is C17H26BrNO. The highest BCUT2D eigenvalue weighted by Gasteiger charge is 2.50. The Bertz CT molecular complexity index is 464. The molecule has 0 radical (unpaired) electrons. The average molecular weight is 340 g/mol. The lowest BCUT2D eigenvalue weighted by atomic mass is 9.58. The van der Waals surface area contributed by atoms with Crippen LogP contribution in [-0.4, -0.2) is 11.7 Å². The maximum atomic E-state index is 11.5. The Morgan fingerprint density at radius 1 is 1.50 bits per heavy atom. The summed E-state index contributed by atoms with van der Waals surface area (Å²) in [5.41, 5.74) is 6.13. The van der Waals surface area contributed by atoms with E-state index >= 15 is 0 Å². The lowest BCUT2D eigenvalue weighted by Crippen LogP contribution is -2.52. The van der Waals surface area contributed by atoms with Gasteiger partial charge in [-0.05, 0) is 42.9 Å². The molecule has 0 saturated heterocycles. The molecule has 0 spiro atoms. The van der Waals surface area contributed by atoms with Crippen LogP contribution in [0.15, 0.2) is 28.7 Å². The van der Waals surface area contributed by atoms with E-state index in [4.69, 9.17) is 5.73 Å². The van der Waals surface area contributed by atoms with Crippen molar-refractivity contribution >= 4 is 15.9 Å². The fourth-order valence-electron chi connectivity index (χ4n) is 4.02. The van der Waals surface area contributed by atoms with Gasteiger partial charge < -0.3 is 10.8 Å². The van der Waals surface area contributed by atoms with Crippen molar-refractivity contribution in [2.75, 3.05) is 6.54 Å². The largest absolute Gasteiger partial charge is 0.385 e. The second-order valence-electron chi connectivity index (χ2n) is 6.41. The predicted octanol–water partition coefficient (Wildman–Crippen LogP) is 4.20. The van der Waals surface area contributed by atoms with E-state index in [1.54, 1.807) is 0 Å². The van der Waals surface area contributed by atoms with Crippen molar-refractivity contribution in [3.8, 4) is 0 Å². The molecule has 1 aromatic rings. The van der Waals surface area contributed by atoms with Crippen molar-refractivity contribution in [3.63, 3.8) is 0 Å². The van der Waals surface area contributed by atoms with Crippen LogP contribution in [-0.2, 0) is 5.60 Å². The third-order valence-corrected chi connectivity index (χ3v) is 5.67. The van der Waals surface area contributed by atoms with Crippen LogP contribution in [0.25, 0.3) is 0 Å². The summed E-state index contributed by atoms with van der Waals surface area (Å²) in [7, 11) is 0. The quantitative estimate of drug-likeness (QED) is 0.863. The van der Waals surface area contributed by atoms with Gasteiger partial charge in [-0.1, -0.05) is 54.8 Å². The van der Waals surface area contributed by atoms with Gasteiger partial charge in [0.2, 0.25) is 0 Å². The monoisotopic (exact) mass is 339 g/mol. The summed E-state index contributed by atoms with van der Waals surface area (Å²) in [6, 6.07) is 8.07. The molecule has 3 N–H and O–H groups in total.